The van der Waals surface area contributed by atoms with Crippen LogP contribution in [0.4, 0.5) is 4.79 Å². The number of aliphatic hydroxyl groups excluding tert-OH is 1. The van der Waals surface area contributed by atoms with Gasteiger partial charge in [-0.05, 0) is 39.5 Å². The Bertz CT molecular complexity index is 209. The molecule has 0 aliphatic heterocycles. The van der Waals surface area contributed by atoms with Crippen LogP contribution in [0.2, 0.25) is 0 Å². The summed E-state index contributed by atoms with van der Waals surface area (Å²) in [7, 11) is 0. The fraction of sp³-hybridized carbons (Fsp3) is 0.917. The van der Waals surface area contributed by atoms with Crippen molar-refractivity contribution in [2.24, 2.45) is 5.92 Å². The van der Waals surface area contributed by atoms with Crippen molar-refractivity contribution < 1.29 is 14.6 Å². The lowest BCUT2D eigenvalue weighted by molar-refractivity contribution is 0.0516. The van der Waals surface area contributed by atoms with Crippen molar-refractivity contribution in [3.8, 4) is 0 Å². The van der Waals surface area contributed by atoms with Gasteiger partial charge in [-0.15, -0.1) is 0 Å². The predicted molar refractivity (Wildman–Crippen MR) is 64.3 cm³/mol. The third-order valence-electron chi connectivity index (χ3n) is 1.89. The van der Waals surface area contributed by atoms with Crippen LogP contribution in [0.5, 0.6) is 0 Å². The van der Waals surface area contributed by atoms with E-state index in [-0.39, 0.29) is 6.10 Å². The molecular weight excluding hydrogens is 206 g/mol. The molecule has 0 heterocycles. The molecule has 0 aliphatic rings. The largest absolute Gasteiger partial charge is 0.444 e. The molecule has 0 aromatic heterocycles. The van der Waals surface area contributed by atoms with E-state index in [9.17, 15) is 9.90 Å². The summed E-state index contributed by atoms with van der Waals surface area (Å²) in [4.78, 5) is 11.2. The van der Waals surface area contributed by atoms with E-state index in [1.54, 1.807) is 0 Å². The minimum absolute atomic E-state index is 0.352. The summed E-state index contributed by atoms with van der Waals surface area (Å²) in [5.41, 5.74) is -0.472. The lowest BCUT2D eigenvalue weighted by Gasteiger charge is -2.20. The lowest BCUT2D eigenvalue weighted by atomic mass is 10.0. The molecule has 0 aliphatic carbocycles. The Kier molecular flexibility index (Phi) is 6.41. The first-order valence-electron chi connectivity index (χ1n) is 5.85. The Hall–Kier alpha value is -0.770. The topological polar surface area (TPSA) is 58.6 Å². The van der Waals surface area contributed by atoms with Crippen LogP contribution in [0, 0.1) is 5.92 Å². The number of rotatable bonds is 5. The van der Waals surface area contributed by atoms with Gasteiger partial charge in [0, 0.05) is 6.54 Å². The molecule has 0 aromatic carbocycles. The Balaban J connectivity index is 3.62. The number of carbonyl (C=O) groups excluding carboxylic acids is 1. The molecule has 1 amide bonds. The minimum atomic E-state index is -0.472. The molecule has 2 N–H and O–H groups in total. The molecule has 0 saturated carbocycles. The molecule has 1 unspecified atom stereocenters. The van der Waals surface area contributed by atoms with Crippen molar-refractivity contribution in [3.05, 3.63) is 0 Å². The summed E-state index contributed by atoms with van der Waals surface area (Å²) in [6, 6.07) is 0. The van der Waals surface area contributed by atoms with Crippen molar-refractivity contribution >= 4 is 6.09 Å². The Morgan fingerprint density at radius 3 is 2.38 bits per heavy atom. The zero-order valence-electron chi connectivity index (χ0n) is 11.0. The molecule has 0 bridgehead atoms. The second kappa shape index (κ2) is 6.74. The summed E-state index contributed by atoms with van der Waals surface area (Å²) >= 11 is 0. The average molecular weight is 231 g/mol. The number of amides is 1. The molecule has 0 rings (SSSR count). The number of nitrogens with one attached hydrogen (secondary N) is 1. The maximum absolute atomic E-state index is 11.2. The van der Waals surface area contributed by atoms with Gasteiger partial charge in [0.1, 0.15) is 5.60 Å². The van der Waals surface area contributed by atoms with Crippen molar-refractivity contribution in [1.29, 1.82) is 0 Å². The molecule has 0 fully saturated rings. The molecule has 0 radical (unpaired) electrons. The first-order chi connectivity index (χ1) is 7.20. The van der Waals surface area contributed by atoms with E-state index in [2.05, 4.69) is 19.2 Å². The maximum Gasteiger partial charge on any atom is 0.407 e. The minimum Gasteiger partial charge on any atom is -0.444 e. The maximum atomic E-state index is 11.2. The van der Waals surface area contributed by atoms with Gasteiger partial charge < -0.3 is 15.2 Å². The Morgan fingerprint density at radius 1 is 1.38 bits per heavy atom. The summed E-state index contributed by atoms with van der Waals surface area (Å²) in [6.45, 7) is 10.0. The zero-order chi connectivity index (χ0) is 12.8. The van der Waals surface area contributed by atoms with Crippen molar-refractivity contribution in [3.63, 3.8) is 0 Å². The van der Waals surface area contributed by atoms with Gasteiger partial charge >= 0.3 is 6.09 Å². The smallest absolute Gasteiger partial charge is 0.407 e. The second-order valence-electron chi connectivity index (χ2n) is 5.50. The van der Waals surface area contributed by atoms with E-state index in [1.807, 2.05) is 20.8 Å². The van der Waals surface area contributed by atoms with Crippen LogP contribution in [0.3, 0.4) is 0 Å². The van der Waals surface area contributed by atoms with Crippen LogP contribution < -0.4 is 5.32 Å². The van der Waals surface area contributed by atoms with Gasteiger partial charge in [0.05, 0.1) is 6.10 Å². The standard InChI is InChI=1S/C12H25NO3/c1-9(2)8-10(14)6-7-13-11(15)16-12(3,4)5/h9-10,14H,6-8H2,1-5H3,(H,13,15). The first kappa shape index (κ1) is 15.2. The van der Waals surface area contributed by atoms with Crippen LogP contribution in [-0.2, 0) is 4.74 Å². The number of carbonyl (C=O) groups is 1. The number of alkyl carbamates (subject to hydrolysis) is 1. The third kappa shape index (κ3) is 9.77. The van der Waals surface area contributed by atoms with E-state index in [0.29, 0.717) is 18.9 Å². The SMILES string of the molecule is CC(C)CC(O)CCNC(=O)OC(C)(C)C. The van der Waals surface area contributed by atoms with Crippen LogP contribution in [0.25, 0.3) is 0 Å². The second-order valence-corrected chi connectivity index (χ2v) is 5.50. The van der Waals surface area contributed by atoms with Crippen LogP contribution in [0.15, 0.2) is 0 Å². The normalized spacial score (nSPS) is 13.7. The van der Waals surface area contributed by atoms with Gasteiger partial charge in [-0.3, -0.25) is 0 Å². The fourth-order valence-electron chi connectivity index (χ4n) is 1.32. The number of aliphatic hydroxyl groups is 1. The van der Waals surface area contributed by atoms with Gasteiger partial charge in [0.15, 0.2) is 0 Å². The summed E-state index contributed by atoms with van der Waals surface area (Å²) < 4.78 is 5.07. The Morgan fingerprint density at radius 2 is 1.94 bits per heavy atom. The van der Waals surface area contributed by atoms with Gasteiger partial charge in [-0.2, -0.15) is 0 Å². The van der Waals surface area contributed by atoms with E-state index < -0.39 is 11.7 Å². The molecule has 0 spiro atoms. The summed E-state index contributed by atoms with van der Waals surface area (Å²) in [5.74, 6) is 0.469. The number of hydrogen-bond acceptors (Lipinski definition) is 3. The van der Waals surface area contributed by atoms with Crippen LogP contribution >= 0.6 is 0 Å². The molecule has 1 atom stereocenters. The summed E-state index contributed by atoms with van der Waals surface area (Å²) in [5, 5.41) is 12.2. The van der Waals surface area contributed by atoms with Gasteiger partial charge in [0.25, 0.3) is 0 Å². The van der Waals surface area contributed by atoms with E-state index in [4.69, 9.17) is 4.74 Å². The first-order valence-corrected chi connectivity index (χ1v) is 5.85. The van der Waals surface area contributed by atoms with E-state index in [1.165, 1.54) is 0 Å². The van der Waals surface area contributed by atoms with Crippen molar-refractivity contribution in [2.75, 3.05) is 6.54 Å². The zero-order valence-corrected chi connectivity index (χ0v) is 11.0. The van der Waals surface area contributed by atoms with Crippen molar-refractivity contribution in [1.82, 2.24) is 5.32 Å². The van der Waals surface area contributed by atoms with Gasteiger partial charge in [-0.1, -0.05) is 13.8 Å². The molecule has 4 nitrogen and oxygen atoms in total. The Labute approximate surface area is 98.4 Å². The molecule has 4 heteroatoms. The highest BCUT2D eigenvalue weighted by atomic mass is 16.6. The van der Waals surface area contributed by atoms with Crippen LogP contribution in [-0.4, -0.2) is 29.4 Å². The van der Waals surface area contributed by atoms with Gasteiger partial charge in [0.2, 0.25) is 0 Å². The quantitative estimate of drug-likeness (QED) is 0.763. The molecule has 16 heavy (non-hydrogen) atoms. The predicted octanol–water partition coefficient (Wildman–Crippen LogP) is 2.31. The monoisotopic (exact) mass is 231 g/mol. The highest BCUT2D eigenvalue weighted by Crippen LogP contribution is 2.08. The number of hydrogen-bond donors (Lipinski definition) is 2. The van der Waals surface area contributed by atoms with E-state index >= 15 is 0 Å². The molecule has 0 aromatic rings. The number of ether oxygens (including phenoxy) is 1. The molecular formula is C12H25NO3. The lowest BCUT2D eigenvalue weighted by Crippen LogP contribution is -2.34. The fourth-order valence-corrected chi connectivity index (χ4v) is 1.32. The average Bonchev–Trinajstić information content (AvgIpc) is 1.98. The van der Waals surface area contributed by atoms with Crippen LogP contribution in [0.1, 0.15) is 47.5 Å². The highest BCUT2D eigenvalue weighted by molar-refractivity contribution is 5.67. The third-order valence-corrected chi connectivity index (χ3v) is 1.89. The van der Waals surface area contributed by atoms with E-state index in [0.717, 1.165) is 6.42 Å². The molecule has 0 saturated heterocycles. The highest BCUT2D eigenvalue weighted by Gasteiger charge is 2.16. The molecule has 96 valence electrons. The summed E-state index contributed by atoms with van der Waals surface area (Å²) in [6.07, 6.45) is 0.548. The van der Waals surface area contributed by atoms with Gasteiger partial charge in [-0.25, -0.2) is 4.79 Å². The van der Waals surface area contributed by atoms with Crippen molar-refractivity contribution in [2.45, 2.75) is 59.2 Å².